The van der Waals surface area contributed by atoms with Gasteiger partial charge >= 0.3 is 11.6 Å². The lowest BCUT2D eigenvalue weighted by molar-refractivity contribution is 0.0473. The summed E-state index contributed by atoms with van der Waals surface area (Å²) in [6.07, 6.45) is 0. The Labute approximate surface area is 200 Å². The number of nitrogens with zero attached hydrogens (tertiary/aromatic N) is 1. The van der Waals surface area contributed by atoms with Crippen LogP contribution in [0.2, 0.25) is 0 Å². The molecule has 0 aliphatic carbocycles. The van der Waals surface area contributed by atoms with Gasteiger partial charge in [-0.25, -0.2) is 14.5 Å². The number of para-hydroxylation sites is 1. The lowest BCUT2D eigenvalue weighted by Gasteiger charge is -2.16. The van der Waals surface area contributed by atoms with Gasteiger partial charge in [-0.15, -0.1) is 0 Å². The number of imide groups is 1. The van der Waals surface area contributed by atoms with Gasteiger partial charge in [-0.05, 0) is 73.9 Å². The van der Waals surface area contributed by atoms with Crippen LogP contribution in [0.3, 0.4) is 0 Å². The van der Waals surface area contributed by atoms with E-state index >= 15 is 0 Å². The van der Waals surface area contributed by atoms with E-state index in [0.717, 1.165) is 21.6 Å². The molecule has 1 aromatic heterocycles. The van der Waals surface area contributed by atoms with E-state index in [-0.39, 0.29) is 23.3 Å². The molecule has 0 radical (unpaired) electrons. The number of carbonyl (C=O) groups is 3. The molecule has 0 bridgehead atoms. The minimum absolute atomic E-state index is 0.135. The fraction of sp³-hybridized carbons (Fsp3) is 0.143. The zero-order valence-electron chi connectivity index (χ0n) is 19.4. The second-order valence-electron chi connectivity index (χ2n) is 8.59. The number of benzene rings is 3. The molecule has 7 nitrogen and oxygen atoms in total. The van der Waals surface area contributed by atoms with E-state index in [2.05, 4.69) is 0 Å². The Morgan fingerprint density at radius 1 is 0.829 bits per heavy atom. The van der Waals surface area contributed by atoms with Gasteiger partial charge in [0, 0.05) is 17.0 Å². The molecule has 7 heteroatoms. The summed E-state index contributed by atoms with van der Waals surface area (Å²) < 4.78 is 10.8. The fourth-order valence-corrected chi connectivity index (χ4v) is 4.23. The standard InChI is InChI=1S/C28H21NO6/c1-15-6-4-5-7-23(15)29-26(31)20-9-8-18(12-22(20)27(29)32)28(33)34-14-19-13-25(30)35-24-11-17(3)16(2)10-21(19)24/h4-13H,14H2,1-3H3. The molecule has 0 saturated carbocycles. The Kier molecular flexibility index (Phi) is 5.32. The highest BCUT2D eigenvalue weighted by Crippen LogP contribution is 2.31. The monoisotopic (exact) mass is 467 g/mol. The summed E-state index contributed by atoms with van der Waals surface area (Å²) in [6.45, 7) is 5.53. The van der Waals surface area contributed by atoms with Gasteiger partial charge < -0.3 is 9.15 Å². The first kappa shape index (κ1) is 22.3. The van der Waals surface area contributed by atoms with Gasteiger partial charge in [0.15, 0.2) is 0 Å². The molecule has 0 spiro atoms. The van der Waals surface area contributed by atoms with Crippen LogP contribution < -0.4 is 10.5 Å². The molecule has 35 heavy (non-hydrogen) atoms. The Morgan fingerprint density at radius 2 is 1.54 bits per heavy atom. The number of hydrogen-bond acceptors (Lipinski definition) is 6. The molecule has 0 atom stereocenters. The predicted molar refractivity (Wildman–Crippen MR) is 130 cm³/mol. The van der Waals surface area contributed by atoms with E-state index < -0.39 is 23.4 Å². The van der Waals surface area contributed by atoms with E-state index in [4.69, 9.17) is 9.15 Å². The van der Waals surface area contributed by atoms with Crippen molar-refractivity contribution in [2.24, 2.45) is 0 Å². The van der Waals surface area contributed by atoms with E-state index in [1.807, 2.05) is 39.0 Å². The number of hydrogen-bond donors (Lipinski definition) is 0. The lowest BCUT2D eigenvalue weighted by Crippen LogP contribution is -2.29. The zero-order chi connectivity index (χ0) is 24.9. The number of carbonyl (C=O) groups excluding carboxylic acids is 3. The number of fused-ring (bicyclic) bond motifs is 2. The second-order valence-corrected chi connectivity index (χ2v) is 8.59. The molecule has 0 saturated heterocycles. The topological polar surface area (TPSA) is 93.9 Å². The van der Waals surface area contributed by atoms with Crippen molar-refractivity contribution in [3.05, 3.63) is 110 Å². The van der Waals surface area contributed by atoms with Crippen LogP contribution in [0, 0.1) is 20.8 Å². The summed E-state index contributed by atoms with van der Waals surface area (Å²) in [5, 5.41) is 0.684. The molecular weight excluding hydrogens is 446 g/mol. The Morgan fingerprint density at radius 3 is 2.31 bits per heavy atom. The van der Waals surface area contributed by atoms with Gasteiger partial charge in [-0.1, -0.05) is 18.2 Å². The van der Waals surface area contributed by atoms with E-state index in [1.165, 1.54) is 24.3 Å². The summed E-state index contributed by atoms with van der Waals surface area (Å²) in [5.41, 5.74) is 4.19. The molecular formula is C28H21NO6. The molecule has 4 aromatic rings. The van der Waals surface area contributed by atoms with Crippen LogP contribution in [0.25, 0.3) is 11.0 Å². The second kappa shape index (κ2) is 8.36. The van der Waals surface area contributed by atoms with E-state index in [1.54, 1.807) is 18.2 Å². The lowest BCUT2D eigenvalue weighted by atomic mass is 10.0. The third-order valence-corrected chi connectivity index (χ3v) is 6.28. The molecule has 2 heterocycles. The average Bonchev–Trinajstić information content (AvgIpc) is 3.08. The molecule has 0 unspecified atom stereocenters. The number of rotatable bonds is 4. The van der Waals surface area contributed by atoms with Crippen molar-refractivity contribution in [3.63, 3.8) is 0 Å². The molecule has 0 fully saturated rings. The normalized spacial score (nSPS) is 12.8. The van der Waals surface area contributed by atoms with Crippen LogP contribution in [-0.4, -0.2) is 17.8 Å². The number of esters is 1. The highest BCUT2D eigenvalue weighted by molar-refractivity contribution is 6.34. The molecule has 174 valence electrons. The van der Waals surface area contributed by atoms with Gasteiger partial charge in [0.25, 0.3) is 11.8 Å². The summed E-state index contributed by atoms with van der Waals surface area (Å²) in [7, 11) is 0. The third-order valence-electron chi connectivity index (χ3n) is 6.28. The van der Waals surface area contributed by atoms with Crippen molar-refractivity contribution < 1.29 is 23.5 Å². The summed E-state index contributed by atoms with van der Waals surface area (Å²) in [5.74, 6) is -1.61. The van der Waals surface area contributed by atoms with Gasteiger partial charge in [-0.3, -0.25) is 9.59 Å². The van der Waals surface area contributed by atoms with Crippen molar-refractivity contribution in [2.75, 3.05) is 4.90 Å². The molecule has 5 rings (SSSR count). The summed E-state index contributed by atoms with van der Waals surface area (Å²) in [6, 6.07) is 16.4. The Balaban J connectivity index is 1.41. The van der Waals surface area contributed by atoms with Crippen molar-refractivity contribution in [3.8, 4) is 0 Å². The predicted octanol–water partition coefficient (Wildman–Crippen LogP) is 4.88. The number of anilines is 1. The first-order chi connectivity index (χ1) is 16.7. The van der Waals surface area contributed by atoms with Crippen LogP contribution in [0.1, 0.15) is 53.3 Å². The zero-order valence-corrected chi connectivity index (χ0v) is 19.4. The van der Waals surface area contributed by atoms with Gasteiger partial charge in [0.2, 0.25) is 0 Å². The minimum Gasteiger partial charge on any atom is -0.457 e. The van der Waals surface area contributed by atoms with Crippen LogP contribution in [0.4, 0.5) is 5.69 Å². The Hall–Kier alpha value is -4.52. The third kappa shape index (κ3) is 3.81. The highest BCUT2D eigenvalue weighted by atomic mass is 16.5. The summed E-state index contributed by atoms with van der Waals surface area (Å²) in [4.78, 5) is 51.9. The van der Waals surface area contributed by atoms with Crippen molar-refractivity contribution in [1.29, 1.82) is 0 Å². The maximum atomic E-state index is 13.1. The van der Waals surface area contributed by atoms with E-state index in [9.17, 15) is 19.2 Å². The minimum atomic E-state index is -0.674. The smallest absolute Gasteiger partial charge is 0.338 e. The molecule has 3 aromatic carbocycles. The van der Waals surface area contributed by atoms with Gasteiger partial charge in [-0.2, -0.15) is 0 Å². The SMILES string of the molecule is Cc1cc2oc(=O)cc(COC(=O)c3ccc4c(c3)C(=O)N(c3ccccc3C)C4=O)c2cc1C. The van der Waals surface area contributed by atoms with E-state index in [0.29, 0.717) is 22.2 Å². The van der Waals surface area contributed by atoms with Crippen LogP contribution in [0.5, 0.6) is 0 Å². The largest absolute Gasteiger partial charge is 0.457 e. The number of amides is 2. The van der Waals surface area contributed by atoms with Gasteiger partial charge in [0.05, 0.1) is 22.4 Å². The molecule has 2 amide bonds. The maximum absolute atomic E-state index is 13.1. The molecule has 1 aliphatic heterocycles. The average molecular weight is 467 g/mol. The molecule has 1 aliphatic rings. The number of aryl methyl sites for hydroxylation is 3. The van der Waals surface area contributed by atoms with Crippen LogP contribution in [0.15, 0.2) is 69.9 Å². The molecule has 0 N–H and O–H groups in total. The fourth-order valence-electron chi connectivity index (χ4n) is 4.23. The van der Waals surface area contributed by atoms with Crippen molar-refractivity contribution >= 4 is 34.4 Å². The first-order valence-electron chi connectivity index (χ1n) is 11.0. The van der Waals surface area contributed by atoms with Crippen LogP contribution in [-0.2, 0) is 11.3 Å². The van der Waals surface area contributed by atoms with Gasteiger partial charge in [0.1, 0.15) is 12.2 Å². The maximum Gasteiger partial charge on any atom is 0.338 e. The highest BCUT2D eigenvalue weighted by Gasteiger charge is 2.37. The van der Waals surface area contributed by atoms with Crippen LogP contribution >= 0.6 is 0 Å². The first-order valence-corrected chi connectivity index (χ1v) is 11.0. The van der Waals surface area contributed by atoms with Crippen molar-refractivity contribution in [2.45, 2.75) is 27.4 Å². The van der Waals surface area contributed by atoms with Crippen molar-refractivity contribution in [1.82, 2.24) is 0 Å². The Bertz CT molecular complexity index is 1610. The number of ether oxygens (including phenoxy) is 1. The summed E-state index contributed by atoms with van der Waals surface area (Å²) >= 11 is 0. The quantitative estimate of drug-likeness (QED) is 0.241.